The number of piperidine rings is 1. The van der Waals surface area contributed by atoms with E-state index < -0.39 is 0 Å². The third kappa shape index (κ3) is 4.41. The molecular weight excluding hydrogens is 346 g/mol. The van der Waals surface area contributed by atoms with E-state index in [0.29, 0.717) is 18.3 Å². The molecule has 0 saturated carbocycles. The Hall–Kier alpha value is -2.55. The maximum absolute atomic E-state index is 12.6. The molecule has 2 fully saturated rings. The Kier molecular flexibility index (Phi) is 5.57. The van der Waals surface area contributed by atoms with Crippen LogP contribution in [-0.2, 0) is 9.53 Å². The highest BCUT2D eigenvalue weighted by molar-refractivity contribution is 5.79. The fourth-order valence-electron chi connectivity index (χ4n) is 3.67. The Labute approximate surface area is 158 Å². The van der Waals surface area contributed by atoms with Crippen molar-refractivity contribution in [1.29, 1.82) is 0 Å². The molecule has 1 unspecified atom stereocenters. The van der Waals surface area contributed by atoms with E-state index in [9.17, 15) is 4.79 Å². The second kappa shape index (κ2) is 8.43. The predicted molar refractivity (Wildman–Crippen MR) is 98.4 cm³/mol. The van der Waals surface area contributed by atoms with Gasteiger partial charge in [-0.1, -0.05) is 0 Å². The van der Waals surface area contributed by atoms with Crippen molar-refractivity contribution >= 4 is 11.7 Å². The second-order valence-electron chi connectivity index (χ2n) is 7.18. The van der Waals surface area contributed by atoms with Gasteiger partial charge in [0, 0.05) is 32.8 Å². The molecule has 1 N–H and O–H groups in total. The molecule has 1 amide bonds. The summed E-state index contributed by atoms with van der Waals surface area (Å²) < 4.78 is 6.95. The second-order valence-corrected chi connectivity index (χ2v) is 7.18. The minimum atomic E-state index is -0.00428. The first-order valence-corrected chi connectivity index (χ1v) is 9.59. The van der Waals surface area contributed by atoms with Crippen LogP contribution in [0.5, 0.6) is 0 Å². The SMILES string of the molecule is O=C(NCC1CCOCC1)C1CCCN(c2ccc(-n3cncn3)nn2)C1. The highest BCUT2D eigenvalue weighted by Crippen LogP contribution is 2.22. The Morgan fingerprint density at radius 1 is 1.19 bits per heavy atom. The first-order chi connectivity index (χ1) is 13.3. The van der Waals surface area contributed by atoms with Crippen LogP contribution in [0.2, 0.25) is 0 Å². The Bertz CT molecular complexity index is 729. The zero-order valence-corrected chi connectivity index (χ0v) is 15.3. The summed E-state index contributed by atoms with van der Waals surface area (Å²) in [5.74, 6) is 2.10. The molecule has 0 bridgehead atoms. The third-order valence-corrected chi connectivity index (χ3v) is 5.31. The molecular formula is C18H25N7O2. The van der Waals surface area contributed by atoms with Crippen LogP contribution < -0.4 is 10.2 Å². The van der Waals surface area contributed by atoms with Crippen molar-refractivity contribution in [3.05, 3.63) is 24.8 Å². The molecule has 0 spiro atoms. The molecule has 2 aromatic heterocycles. The number of carbonyl (C=O) groups is 1. The summed E-state index contributed by atoms with van der Waals surface area (Å²) in [5, 5.41) is 15.7. The summed E-state index contributed by atoms with van der Waals surface area (Å²) in [6, 6.07) is 3.79. The summed E-state index contributed by atoms with van der Waals surface area (Å²) in [6.45, 7) is 3.94. The van der Waals surface area contributed by atoms with E-state index in [1.807, 2.05) is 12.1 Å². The number of ether oxygens (including phenoxy) is 1. The largest absolute Gasteiger partial charge is 0.381 e. The first-order valence-electron chi connectivity index (χ1n) is 9.59. The van der Waals surface area contributed by atoms with E-state index in [1.54, 1.807) is 11.0 Å². The lowest BCUT2D eigenvalue weighted by atomic mass is 9.96. The van der Waals surface area contributed by atoms with Crippen molar-refractivity contribution in [2.75, 3.05) is 37.7 Å². The number of hydrogen-bond donors (Lipinski definition) is 1. The van der Waals surface area contributed by atoms with Gasteiger partial charge in [0.25, 0.3) is 0 Å². The van der Waals surface area contributed by atoms with Crippen LogP contribution in [0.15, 0.2) is 24.8 Å². The molecule has 2 aromatic rings. The lowest BCUT2D eigenvalue weighted by Crippen LogP contribution is -2.44. The van der Waals surface area contributed by atoms with Gasteiger partial charge in [-0.2, -0.15) is 5.10 Å². The quantitative estimate of drug-likeness (QED) is 0.831. The van der Waals surface area contributed by atoms with Gasteiger partial charge in [0.15, 0.2) is 11.6 Å². The fourth-order valence-corrected chi connectivity index (χ4v) is 3.67. The van der Waals surface area contributed by atoms with Gasteiger partial charge in [-0.25, -0.2) is 9.67 Å². The van der Waals surface area contributed by atoms with E-state index in [4.69, 9.17) is 4.74 Å². The van der Waals surface area contributed by atoms with Gasteiger partial charge < -0.3 is 15.0 Å². The smallest absolute Gasteiger partial charge is 0.224 e. The van der Waals surface area contributed by atoms with Gasteiger partial charge >= 0.3 is 0 Å². The standard InChI is InChI=1S/C18H25N7O2/c26-18(20-10-14-5-8-27-9-6-14)15-2-1-7-24(11-15)16-3-4-17(23-22-16)25-13-19-12-21-25/h3-4,12-15H,1-2,5-11H2,(H,20,26). The number of amides is 1. The lowest BCUT2D eigenvalue weighted by Gasteiger charge is -2.33. The molecule has 9 nitrogen and oxygen atoms in total. The van der Waals surface area contributed by atoms with Gasteiger partial charge in [0.05, 0.1) is 5.92 Å². The van der Waals surface area contributed by atoms with E-state index in [2.05, 4.69) is 30.5 Å². The summed E-state index contributed by atoms with van der Waals surface area (Å²) >= 11 is 0. The van der Waals surface area contributed by atoms with E-state index >= 15 is 0 Å². The average Bonchev–Trinajstić information content (AvgIpc) is 3.28. The number of aromatic nitrogens is 5. The molecule has 2 aliphatic heterocycles. The molecule has 0 radical (unpaired) electrons. The van der Waals surface area contributed by atoms with Crippen LogP contribution >= 0.6 is 0 Å². The van der Waals surface area contributed by atoms with Crippen LogP contribution in [0.25, 0.3) is 5.82 Å². The van der Waals surface area contributed by atoms with Crippen molar-refractivity contribution in [3.63, 3.8) is 0 Å². The summed E-state index contributed by atoms with van der Waals surface area (Å²) in [7, 11) is 0. The molecule has 27 heavy (non-hydrogen) atoms. The van der Waals surface area contributed by atoms with Crippen molar-refractivity contribution in [3.8, 4) is 5.82 Å². The molecule has 144 valence electrons. The van der Waals surface area contributed by atoms with Crippen LogP contribution in [0, 0.1) is 11.8 Å². The number of anilines is 1. The maximum Gasteiger partial charge on any atom is 0.224 e. The van der Waals surface area contributed by atoms with Gasteiger partial charge in [0.2, 0.25) is 5.91 Å². The fraction of sp³-hybridized carbons (Fsp3) is 0.611. The van der Waals surface area contributed by atoms with Gasteiger partial charge in [-0.3, -0.25) is 4.79 Å². The Morgan fingerprint density at radius 3 is 2.74 bits per heavy atom. The zero-order valence-electron chi connectivity index (χ0n) is 15.3. The van der Waals surface area contributed by atoms with E-state index in [1.165, 1.54) is 6.33 Å². The average molecular weight is 371 g/mol. The Morgan fingerprint density at radius 2 is 2.00 bits per heavy atom. The van der Waals surface area contributed by atoms with Gasteiger partial charge in [-0.15, -0.1) is 10.2 Å². The molecule has 0 aliphatic carbocycles. The highest BCUT2D eigenvalue weighted by atomic mass is 16.5. The molecule has 9 heteroatoms. The minimum Gasteiger partial charge on any atom is -0.381 e. The lowest BCUT2D eigenvalue weighted by molar-refractivity contribution is -0.125. The van der Waals surface area contributed by atoms with Crippen LogP contribution in [0.4, 0.5) is 5.82 Å². The number of hydrogen-bond acceptors (Lipinski definition) is 7. The first kappa shape index (κ1) is 17.8. The molecule has 2 aliphatic rings. The van der Waals surface area contributed by atoms with Crippen molar-refractivity contribution in [2.24, 2.45) is 11.8 Å². The third-order valence-electron chi connectivity index (χ3n) is 5.31. The Balaban J connectivity index is 1.32. The summed E-state index contributed by atoms with van der Waals surface area (Å²) in [6.07, 6.45) is 7.01. The van der Waals surface area contributed by atoms with Crippen molar-refractivity contribution in [1.82, 2.24) is 30.3 Å². The summed E-state index contributed by atoms with van der Waals surface area (Å²) in [5.41, 5.74) is 0. The van der Waals surface area contributed by atoms with Crippen molar-refractivity contribution < 1.29 is 9.53 Å². The number of nitrogens with one attached hydrogen (secondary N) is 1. The minimum absolute atomic E-state index is 0.00428. The number of nitrogens with zero attached hydrogens (tertiary/aromatic N) is 6. The molecule has 0 aromatic carbocycles. The van der Waals surface area contributed by atoms with Crippen LogP contribution in [0.3, 0.4) is 0 Å². The van der Waals surface area contributed by atoms with E-state index in [-0.39, 0.29) is 11.8 Å². The molecule has 4 heterocycles. The van der Waals surface area contributed by atoms with E-state index in [0.717, 1.165) is 57.8 Å². The highest BCUT2D eigenvalue weighted by Gasteiger charge is 2.27. The van der Waals surface area contributed by atoms with Crippen molar-refractivity contribution in [2.45, 2.75) is 25.7 Å². The van der Waals surface area contributed by atoms with Crippen LogP contribution in [0.1, 0.15) is 25.7 Å². The van der Waals surface area contributed by atoms with Gasteiger partial charge in [-0.05, 0) is 43.7 Å². The maximum atomic E-state index is 12.6. The predicted octanol–water partition coefficient (Wildman–Crippen LogP) is 0.816. The van der Waals surface area contributed by atoms with Gasteiger partial charge in [0.1, 0.15) is 12.7 Å². The zero-order chi connectivity index (χ0) is 18.5. The molecule has 2 saturated heterocycles. The monoisotopic (exact) mass is 371 g/mol. The topological polar surface area (TPSA) is 98.1 Å². The number of carbonyl (C=O) groups excluding carboxylic acids is 1. The molecule has 4 rings (SSSR count). The normalized spacial score (nSPS) is 21.2. The molecule has 1 atom stereocenters. The number of rotatable bonds is 5. The van der Waals surface area contributed by atoms with Crippen LogP contribution in [-0.4, -0.2) is 63.7 Å². The summed E-state index contributed by atoms with van der Waals surface area (Å²) in [4.78, 5) is 18.7.